The van der Waals surface area contributed by atoms with E-state index in [9.17, 15) is 9.59 Å². The molecule has 3 rings (SSSR count). The molecule has 70 valence electrons. The first kappa shape index (κ1) is 7.74. The summed E-state index contributed by atoms with van der Waals surface area (Å²) >= 11 is 0. The number of ketones is 1. The minimum atomic E-state index is -0.495. The Balaban J connectivity index is 2.24. The monoisotopic (exact) mass is 187 g/mol. The van der Waals surface area contributed by atoms with Gasteiger partial charge in [0.1, 0.15) is 5.54 Å². The molecule has 0 radical (unpaired) electrons. The molecule has 1 aliphatic carbocycles. The van der Waals surface area contributed by atoms with Crippen molar-refractivity contribution in [2.24, 2.45) is 0 Å². The van der Waals surface area contributed by atoms with Gasteiger partial charge >= 0.3 is 0 Å². The van der Waals surface area contributed by atoms with E-state index in [2.05, 4.69) is 0 Å². The molecule has 1 heterocycles. The molecule has 0 bridgehead atoms. The number of hydrogen-bond acceptors (Lipinski definition) is 2. The molecule has 1 aromatic carbocycles. The first-order valence-corrected chi connectivity index (χ1v) is 4.68. The van der Waals surface area contributed by atoms with E-state index in [-0.39, 0.29) is 5.78 Å². The third-order valence-electron chi connectivity index (χ3n) is 3.12. The summed E-state index contributed by atoms with van der Waals surface area (Å²) in [4.78, 5) is 24.5. The Morgan fingerprint density at radius 3 is 2.64 bits per heavy atom. The largest absolute Gasteiger partial charge is 0.301 e. The Morgan fingerprint density at radius 2 is 2.00 bits per heavy atom. The van der Waals surface area contributed by atoms with Crippen molar-refractivity contribution in [3.63, 3.8) is 0 Å². The molecule has 1 fully saturated rings. The van der Waals surface area contributed by atoms with Crippen molar-refractivity contribution in [1.29, 1.82) is 0 Å². The highest BCUT2D eigenvalue weighted by atomic mass is 16.2. The average Bonchev–Trinajstić information content (AvgIpc) is 2.96. The predicted molar refractivity (Wildman–Crippen MR) is 51.3 cm³/mol. The average molecular weight is 187 g/mol. The molecule has 1 amide bonds. The van der Waals surface area contributed by atoms with Gasteiger partial charge in [0.05, 0.1) is 5.69 Å². The molecule has 1 aliphatic heterocycles. The van der Waals surface area contributed by atoms with Crippen LogP contribution in [0.15, 0.2) is 24.3 Å². The third-order valence-corrected chi connectivity index (χ3v) is 3.12. The Morgan fingerprint density at radius 1 is 1.29 bits per heavy atom. The fraction of sp³-hybridized carbons (Fsp3) is 0.273. The van der Waals surface area contributed by atoms with Gasteiger partial charge in [-0.15, -0.1) is 0 Å². The van der Waals surface area contributed by atoms with Crippen LogP contribution in [0.5, 0.6) is 0 Å². The van der Waals surface area contributed by atoms with Crippen molar-refractivity contribution >= 4 is 17.9 Å². The molecule has 3 heteroatoms. The zero-order valence-electron chi connectivity index (χ0n) is 7.56. The number of amides is 1. The molecule has 3 nitrogen and oxygen atoms in total. The number of nitrogens with zero attached hydrogens (tertiary/aromatic N) is 1. The van der Waals surface area contributed by atoms with Gasteiger partial charge in [0.2, 0.25) is 6.41 Å². The first-order valence-electron chi connectivity index (χ1n) is 4.68. The predicted octanol–water partition coefficient (Wildman–Crippen LogP) is 1.38. The van der Waals surface area contributed by atoms with Gasteiger partial charge < -0.3 is 4.90 Å². The highest BCUT2D eigenvalue weighted by Crippen LogP contribution is 2.51. The molecule has 1 saturated carbocycles. The van der Waals surface area contributed by atoms with Gasteiger partial charge in [0, 0.05) is 5.56 Å². The lowest BCUT2D eigenvalue weighted by Crippen LogP contribution is -2.36. The van der Waals surface area contributed by atoms with E-state index in [1.165, 1.54) is 0 Å². The first-order chi connectivity index (χ1) is 6.79. The maximum atomic E-state index is 11.9. The van der Waals surface area contributed by atoms with Crippen LogP contribution in [-0.4, -0.2) is 17.7 Å². The summed E-state index contributed by atoms with van der Waals surface area (Å²) in [5.41, 5.74) is 0.966. The van der Waals surface area contributed by atoms with Crippen molar-refractivity contribution in [2.75, 3.05) is 4.90 Å². The molecule has 0 unspecified atom stereocenters. The number of benzene rings is 1. The highest BCUT2D eigenvalue weighted by Gasteiger charge is 2.59. The second kappa shape index (κ2) is 2.23. The van der Waals surface area contributed by atoms with Crippen LogP contribution in [-0.2, 0) is 4.79 Å². The SMILES string of the molecule is O=CN1c2ccccc2C(=O)C12CC2. The molecule has 0 saturated heterocycles. The number of anilines is 1. The fourth-order valence-electron chi connectivity index (χ4n) is 2.21. The summed E-state index contributed by atoms with van der Waals surface area (Å²) in [5, 5.41) is 0. The zero-order chi connectivity index (χ0) is 9.76. The van der Waals surface area contributed by atoms with Gasteiger partial charge in [-0.2, -0.15) is 0 Å². The number of carbonyl (C=O) groups excluding carboxylic acids is 2. The summed E-state index contributed by atoms with van der Waals surface area (Å²) in [6, 6.07) is 7.31. The van der Waals surface area contributed by atoms with Crippen molar-refractivity contribution in [1.82, 2.24) is 0 Å². The number of rotatable bonds is 1. The Bertz CT molecular complexity index is 435. The Kier molecular flexibility index (Phi) is 1.23. The van der Waals surface area contributed by atoms with Gasteiger partial charge in [-0.3, -0.25) is 9.59 Å². The summed E-state index contributed by atoms with van der Waals surface area (Å²) in [7, 11) is 0. The lowest BCUT2D eigenvalue weighted by molar-refractivity contribution is -0.107. The topological polar surface area (TPSA) is 37.4 Å². The molecule has 14 heavy (non-hydrogen) atoms. The van der Waals surface area contributed by atoms with Gasteiger partial charge in [-0.25, -0.2) is 0 Å². The van der Waals surface area contributed by atoms with Crippen LogP contribution < -0.4 is 4.90 Å². The third kappa shape index (κ3) is 0.687. The summed E-state index contributed by atoms with van der Waals surface area (Å²) in [6.07, 6.45) is 2.38. The molecule has 1 spiro atoms. The molecule has 2 aliphatic rings. The number of carbonyl (C=O) groups is 2. The van der Waals surface area contributed by atoms with E-state index in [1.54, 1.807) is 11.0 Å². The second-order valence-corrected chi connectivity index (χ2v) is 3.85. The quantitative estimate of drug-likeness (QED) is 0.623. The van der Waals surface area contributed by atoms with E-state index in [0.717, 1.165) is 24.9 Å². The van der Waals surface area contributed by atoms with Crippen LogP contribution >= 0.6 is 0 Å². The van der Waals surface area contributed by atoms with Gasteiger partial charge in [-0.1, -0.05) is 12.1 Å². The highest BCUT2D eigenvalue weighted by molar-refractivity contribution is 6.19. The van der Waals surface area contributed by atoms with Crippen molar-refractivity contribution in [3.05, 3.63) is 29.8 Å². The van der Waals surface area contributed by atoms with Crippen LogP contribution in [0.4, 0.5) is 5.69 Å². The summed E-state index contributed by atoms with van der Waals surface area (Å²) < 4.78 is 0. The molecule has 1 aromatic rings. The number of hydrogen-bond donors (Lipinski definition) is 0. The summed E-state index contributed by atoms with van der Waals surface area (Å²) in [6.45, 7) is 0. The lowest BCUT2D eigenvalue weighted by Gasteiger charge is -2.17. The maximum absolute atomic E-state index is 11.9. The molecule has 0 atom stereocenters. The van der Waals surface area contributed by atoms with E-state index in [0.29, 0.717) is 5.56 Å². The Labute approximate surface area is 81.3 Å². The van der Waals surface area contributed by atoms with Gasteiger partial charge in [-0.05, 0) is 25.0 Å². The van der Waals surface area contributed by atoms with E-state index in [1.807, 2.05) is 18.2 Å². The smallest absolute Gasteiger partial charge is 0.215 e. The molecular formula is C11H9NO2. The Hall–Kier alpha value is -1.64. The standard InChI is InChI=1S/C11H9NO2/c13-7-12-9-4-2-1-3-8(9)10(14)11(12)5-6-11/h1-4,7H,5-6H2. The van der Waals surface area contributed by atoms with Crippen molar-refractivity contribution in [2.45, 2.75) is 18.4 Å². The van der Waals surface area contributed by atoms with Crippen LogP contribution in [0, 0.1) is 0 Å². The maximum Gasteiger partial charge on any atom is 0.215 e. The lowest BCUT2D eigenvalue weighted by atomic mass is 10.1. The van der Waals surface area contributed by atoms with E-state index in [4.69, 9.17) is 0 Å². The normalized spacial score (nSPS) is 21.1. The van der Waals surface area contributed by atoms with Crippen LogP contribution in [0.2, 0.25) is 0 Å². The molecular weight excluding hydrogens is 178 g/mol. The molecule has 0 N–H and O–H groups in total. The number of para-hydroxylation sites is 1. The summed E-state index contributed by atoms with van der Waals surface area (Å²) in [5.74, 6) is 0.111. The van der Waals surface area contributed by atoms with E-state index < -0.39 is 5.54 Å². The fourth-order valence-corrected chi connectivity index (χ4v) is 2.21. The van der Waals surface area contributed by atoms with Gasteiger partial charge in [0.15, 0.2) is 5.78 Å². The van der Waals surface area contributed by atoms with Crippen LogP contribution in [0.1, 0.15) is 23.2 Å². The molecule has 0 aromatic heterocycles. The van der Waals surface area contributed by atoms with Crippen LogP contribution in [0.3, 0.4) is 0 Å². The van der Waals surface area contributed by atoms with Crippen molar-refractivity contribution < 1.29 is 9.59 Å². The second-order valence-electron chi connectivity index (χ2n) is 3.85. The minimum Gasteiger partial charge on any atom is -0.301 e. The minimum absolute atomic E-state index is 0.111. The number of fused-ring (bicyclic) bond motifs is 1. The van der Waals surface area contributed by atoms with Gasteiger partial charge in [0.25, 0.3) is 0 Å². The number of Topliss-reactive ketones (excluding diaryl/α,β-unsaturated/α-hetero) is 1. The zero-order valence-corrected chi connectivity index (χ0v) is 7.56. The van der Waals surface area contributed by atoms with E-state index >= 15 is 0 Å². The van der Waals surface area contributed by atoms with Crippen molar-refractivity contribution in [3.8, 4) is 0 Å². The van der Waals surface area contributed by atoms with Crippen LogP contribution in [0.25, 0.3) is 0 Å².